The van der Waals surface area contributed by atoms with Crippen molar-refractivity contribution in [2.45, 2.75) is 38.3 Å². The Kier molecular flexibility index (Phi) is 6.22. The van der Waals surface area contributed by atoms with E-state index in [1.807, 2.05) is 31.2 Å². The van der Waals surface area contributed by atoms with Crippen molar-refractivity contribution in [2.24, 2.45) is 5.92 Å². The number of benzene rings is 1. The lowest BCUT2D eigenvalue weighted by Gasteiger charge is -2.17. The SMILES string of the molecule is CC(C)C(C)NC(=O)CSc1ccc(CO)cc1. The van der Waals surface area contributed by atoms with Crippen molar-refractivity contribution < 1.29 is 9.90 Å². The van der Waals surface area contributed by atoms with Gasteiger partial charge < -0.3 is 10.4 Å². The summed E-state index contributed by atoms with van der Waals surface area (Å²) in [5.41, 5.74) is 0.886. The van der Waals surface area contributed by atoms with Crippen molar-refractivity contribution >= 4 is 17.7 Å². The Bertz CT molecular complexity index is 376. The van der Waals surface area contributed by atoms with Gasteiger partial charge in [-0.15, -0.1) is 11.8 Å². The Balaban J connectivity index is 2.37. The molecule has 1 aromatic carbocycles. The molecule has 1 rings (SSSR count). The topological polar surface area (TPSA) is 49.3 Å². The Morgan fingerprint density at radius 3 is 2.39 bits per heavy atom. The zero-order valence-electron chi connectivity index (χ0n) is 11.1. The van der Waals surface area contributed by atoms with E-state index in [2.05, 4.69) is 19.2 Å². The van der Waals surface area contributed by atoms with Gasteiger partial charge in [-0.3, -0.25) is 4.79 Å². The summed E-state index contributed by atoms with van der Waals surface area (Å²) >= 11 is 1.51. The van der Waals surface area contributed by atoms with E-state index in [4.69, 9.17) is 5.11 Å². The van der Waals surface area contributed by atoms with Crippen LogP contribution in [-0.4, -0.2) is 22.8 Å². The molecule has 0 aromatic heterocycles. The highest BCUT2D eigenvalue weighted by molar-refractivity contribution is 8.00. The zero-order valence-corrected chi connectivity index (χ0v) is 12.0. The van der Waals surface area contributed by atoms with E-state index in [1.165, 1.54) is 11.8 Å². The minimum atomic E-state index is 0.0529. The smallest absolute Gasteiger partial charge is 0.230 e. The van der Waals surface area contributed by atoms with E-state index in [-0.39, 0.29) is 18.6 Å². The lowest BCUT2D eigenvalue weighted by Crippen LogP contribution is -2.37. The van der Waals surface area contributed by atoms with E-state index in [0.717, 1.165) is 10.5 Å². The predicted octanol–water partition coefficient (Wildman–Crippen LogP) is 2.43. The highest BCUT2D eigenvalue weighted by atomic mass is 32.2. The van der Waals surface area contributed by atoms with Crippen LogP contribution in [0.5, 0.6) is 0 Å². The largest absolute Gasteiger partial charge is 0.392 e. The molecule has 0 saturated carbocycles. The first-order valence-electron chi connectivity index (χ1n) is 6.15. The predicted molar refractivity (Wildman–Crippen MR) is 75.5 cm³/mol. The molecule has 1 amide bonds. The van der Waals surface area contributed by atoms with Gasteiger partial charge in [-0.25, -0.2) is 0 Å². The Morgan fingerprint density at radius 2 is 1.89 bits per heavy atom. The van der Waals surface area contributed by atoms with E-state index < -0.39 is 0 Å². The van der Waals surface area contributed by atoms with E-state index >= 15 is 0 Å². The summed E-state index contributed by atoms with van der Waals surface area (Å²) in [5.74, 6) is 0.936. The summed E-state index contributed by atoms with van der Waals surface area (Å²) in [7, 11) is 0. The first-order valence-corrected chi connectivity index (χ1v) is 7.13. The molecular weight excluding hydrogens is 246 g/mol. The Hall–Kier alpha value is -1.00. The standard InChI is InChI=1S/C14H21NO2S/c1-10(2)11(3)15-14(17)9-18-13-6-4-12(8-16)5-7-13/h4-7,10-11,16H,8-9H2,1-3H3,(H,15,17). The van der Waals surface area contributed by atoms with Gasteiger partial charge in [-0.1, -0.05) is 26.0 Å². The van der Waals surface area contributed by atoms with Crippen LogP contribution >= 0.6 is 11.8 Å². The third-order valence-electron chi connectivity index (χ3n) is 2.86. The van der Waals surface area contributed by atoms with Crippen molar-refractivity contribution in [3.8, 4) is 0 Å². The maximum absolute atomic E-state index is 11.7. The average Bonchev–Trinajstić information content (AvgIpc) is 2.36. The molecule has 0 spiro atoms. The second-order valence-electron chi connectivity index (χ2n) is 4.69. The highest BCUT2D eigenvalue weighted by Gasteiger charge is 2.10. The number of carbonyl (C=O) groups excluding carboxylic acids is 1. The van der Waals surface area contributed by atoms with Gasteiger partial charge >= 0.3 is 0 Å². The molecule has 2 N–H and O–H groups in total. The summed E-state index contributed by atoms with van der Waals surface area (Å²) in [6.07, 6.45) is 0. The molecule has 18 heavy (non-hydrogen) atoms. The van der Waals surface area contributed by atoms with Crippen LogP contribution in [0.25, 0.3) is 0 Å². The second kappa shape index (κ2) is 7.44. The molecule has 3 nitrogen and oxygen atoms in total. The van der Waals surface area contributed by atoms with Crippen LogP contribution in [0.15, 0.2) is 29.2 Å². The van der Waals surface area contributed by atoms with Crippen molar-refractivity contribution in [1.29, 1.82) is 0 Å². The lowest BCUT2D eigenvalue weighted by atomic mass is 10.1. The fourth-order valence-corrected chi connectivity index (χ4v) is 2.01. The maximum Gasteiger partial charge on any atom is 0.230 e. The van der Waals surface area contributed by atoms with Crippen LogP contribution in [0.4, 0.5) is 0 Å². The van der Waals surface area contributed by atoms with Crippen LogP contribution in [0.1, 0.15) is 26.3 Å². The number of carbonyl (C=O) groups is 1. The monoisotopic (exact) mass is 267 g/mol. The van der Waals surface area contributed by atoms with E-state index in [0.29, 0.717) is 11.7 Å². The molecule has 1 unspecified atom stereocenters. The number of aliphatic hydroxyl groups excluding tert-OH is 1. The molecule has 0 aliphatic carbocycles. The summed E-state index contributed by atoms with van der Waals surface area (Å²) in [6, 6.07) is 7.80. The van der Waals surface area contributed by atoms with Crippen LogP contribution in [0.2, 0.25) is 0 Å². The van der Waals surface area contributed by atoms with Crippen molar-refractivity contribution in [3.05, 3.63) is 29.8 Å². The minimum Gasteiger partial charge on any atom is -0.392 e. The fourth-order valence-electron chi connectivity index (χ4n) is 1.30. The van der Waals surface area contributed by atoms with Crippen LogP contribution in [-0.2, 0) is 11.4 Å². The Labute approximate surface area is 113 Å². The molecule has 100 valence electrons. The number of amides is 1. The van der Waals surface area contributed by atoms with Gasteiger partial charge in [0.05, 0.1) is 12.4 Å². The quantitative estimate of drug-likeness (QED) is 0.778. The van der Waals surface area contributed by atoms with Gasteiger partial charge in [0.1, 0.15) is 0 Å². The molecule has 1 atom stereocenters. The summed E-state index contributed by atoms with van der Waals surface area (Å²) in [5, 5.41) is 11.9. The third kappa shape index (κ3) is 5.10. The number of hydrogen-bond acceptors (Lipinski definition) is 3. The molecule has 0 fully saturated rings. The highest BCUT2D eigenvalue weighted by Crippen LogP contribution is 2.18. The number of thioether (sulfide) groups is 1. The molecule has 0 aliphatic heterocycles. The van der Waals surface area contributed by atoms with Gasteiger partial charge in [-0.05, 0) is 30.5 Å². The second-order valence-corrected chi connectivity index (χ2v) is 5.74. The van der Waals surface area contributed by atoms with E-state index in [1.54, 1.807) is 0 Å². The molecule has 4 heteroatoms. The summed E-state index contributed by atoms with van der Waals surface area (Å²) in [6.45, 7) is 6.25. The van der Waals surface area contributed by atoms with Crippen LogP contribution in [0, 0.1) is 5.92 Å². The number of hydrogen-bond donors (Lipinski definition) is 2. The normalized spacial score (nSPS) is 12.5. The van der Waals surface area contributed by atoms with E-state index in [9.17, 15) is 4.79 Å². The van der Waals surface area contributed by atoms with Crippen LogP contribution < -0.4 is 5.32 Å². The third-order valence-corrected chi connectivity index (χ3v) is 3.88. The van der Waals surface area contributed by atoms with Crippen molar-refractivity contribution in [3.63, 3.8) is 0 Å². The van der Waals surface area contributed by atoms with Crippen LogP contribution in [0.3, 0.4) is 0 Å². The molecule has 0 bridgehead atoms. The number of nitrogens with one attached hydrogen (secondary N) is 1. The van der Waals surface area contributed by atoms with Gasteiger partial charge in [0.25, 0.3) is 0 Å². The minimum absolute atomic E-state index is 0.0529. The zero-order chi connectivity index (χ0) is 13.5. The molecule has 0 heterocycles. The maximum atomic E-state index is 11.7. The van der Waals surface area contributed by atoms with Gasteiger partial charge in [0.2, 0.25) is 5.91 Å². The molecule has 0 aliphatic rings. The summed E-state index contributed by atoms with van der Waals surface area (Å²) < 4.78 is 0. The molecular formula is C14H21NO2S. The molecule has 0 radical (unpaired) electrons. The van der Waals surface area contributed by atoms with Gasteiger partial charge in [-0.2, -0.15) is 0 Å². The fraction of sp³-hybridized carbons (Fsp3) is 0.500. The van der Waals surface area contributed by atoms with Gasteiger partial charge in [0.15, 0.2) is 0 Å². The van der Waals surface area contributed by atoms with Crippen molar-refractivity contribution in [2.75, 3.05) is 5.75 Å². The molecule has 0 saturated heterocycles. The first-order chi connectivity index (χ1) is 8.52. The average molecular weight is 267 g/mol. The first kappa shape index (κ1) is 15.1. The number of rotatable bonds is 6. The lowest BCUT2D eigenvalue weighted by molar-refractivity contribution is -0.119. The van der Waals surface area contributed by atoms with Crippen molar-refractivity contribution in [1.82, 2.24) is 5.32 Å². The summed E-state index contributed by atoms with van der Waals surface area (Å²) in [4.78, 5) is 12.7. The number of aliphatic hydroxyl groups is 1. The molecule has 1 aromatic rings. The van der Waals surface area contributed by atoms with Gasteiger partial charge in [0, 0.05) is 10.9 Å². The Morgan fingerprint density at radius 1 is 1.28 bits per heavy atom.